The Hall–Kier alpha value is -3.18. The van der Waals surface area contributed by atoms with Crippen molar-refractivity contribution >= 4 is 23.2 Å². The summed E-state index contributed by atoms with van der Waals surface area (Å²) < 4.78 is 6.90. The highest BCUT2D eigenvalue weighted by atomic mass is 16.6. The van der Waals surface area contributed by atoms with Gasteiger partial charge in [-0.25, -0.2) is 0 Å². The smallest absolute Gasteiger partial charge is 0.287 e. The molecule has 1 aliphatic heterocycles. The summed E-state index contributed by atoms with van der Waals surface area (Å²) in [5, 5.41) is 16.2. The van der Waals surface area contributed by atoms with Gasteiger partial charge in [0.1, 0.15) is 11.4 Å². The molecule has 2 aromatic heterocycles. The largest absolute Gasteiger partial charge is 0.379 e. The molecule has 0 saturated carbocycles. The Morgan fingerprint density at radius 2 is 1.93 bits per heavy atom. The molecule has 0 atom stereocenters. The first kappa shape index (κ1) is 23.1. The van der Waals surface area contributed by atoms with Crippen molar-refractivity contribution in [3.8, 4) is 0 Å². The van der Waals surface area contributed by atoms with Crippen LogP contribution in [0.15, 0.2) is 24.5 Å². The fourth-order valence-electron chi connectivity index (χ4n) is 2.92. The highest BCUT2D eigenvalue weighted by molar-refractivity contribution is 6.04. The van der Waals surface area contributed by atoms with Crippen LogP contribution in [0.3, 0.4) is 0 Å². The SMILES string of the molecule is CC.Cn1cc(NC(=O)c2cc([N+](=O)[O-])c[nH]2)cc1C(=O)NCCN1CCOCC1. The molecule has 0 spiro atoms. The Balaban J connectivity index is 0.00000155. The number of anilines is 1. The lowest BCUT2D eigenvalue weighted by Gasteiger charge is -2.26. The lowest BCUT2D eigenvalue weighted by molar-refractivity contribution is -0.384. The number of nitro groups is 1. The molecule has 1 saturated heterocycles. The number of hydrogen-bond acceptors (Lipinski definition) is 6. The fraction of sp³-hybridized carbons (Fsp3) is 0.474. The molecule has 0 aromatic carbocycles. The number of aromatic amines is 1. The van der Waals surface area contributed by atoms with Crippen LogP contribution in [0.1, 0.15) is 34.8 Å². The highest BCUT2D eigenvalue weighted by Gasteiger charge is 2.17. The molecule has 0 unspecified atom stereocenters. The van der Waals surface area contributed by atoms with Crippen molar-refractivity contribution in [3.63, 3.8) is 0 Å². The van der Waals surface area contributed by atoms with Gasteiger partial charge in [0.25, 0.3) is 17.5 Å². The van der Waals surface area contributed by atoms with Crippen molar-refractivity contribution in [2.75, 3.05) is 44.7 Å². The number of amides is 2. The van der Waals surface area contributed by atoms with Gasteiger partial charge in [-0.15, -0.1) is 0 Å². The van der Waals surface area contributed by atoms with Crippen molar-refractivity contribution in [1.29, 1.82) is 0 Å². The summed E-state index contributed by atoms with van der Waals surface area (Å²) in [6.07, 6.45) is 2.75. The maximum absolute atomic E-state index is 12.4. The third-order valence-electron chi connectivity index (χ3n) is 4.44. The number of ether oxygens (including phenoxy) is 1. The van der Waals surface area contributed by atoms with Crippen molar-refractivity contribution in [2.45, 2.75) is 13.8 Å². The van der Waals surface area contributed by atoms with E-state index in [1.54, 1.807) is 23.9 Å². The molecule has 30 heavy (non-hydrogen) atoms. The second-order valence-corrected chi connectivity index (χ2v) is 6.42. The Bertz CT molecular complexity index is 869. The predicted octanol–water partition coefficient (Wildman–Crippen LogP) is 1.60. The van der Waals surface area contributed by atoms with E-state index in [1.165, 1.54) is 0 Å². The van der Waals surface area contributed by atoms with Gasteiger partial charge in [0.15, 0.2) is 0 Å². The number of nitrogens with zero attached hydrogens (tertiary/aromatic N) is 3. The van der Waals surface area contributed by atoms with Gasteiger partial charge < -0.3 is 24.9 Å². The minimum atomic E-state index is -0.588. The van der Waals surface area contributed by atoms with Gasteiger partial charge in [-0.1, -0.05) is 13.8 Å². The maximum atomic E-state index is 12.4. The topological polar surface area (TPSA) is 135 Å². The Labute approximate surface area is 174 Å². The predicted molar refractivity (Wildman–Crippen MR) is 112 cm³/mol. The number of rotatable bonds is 7. The zero-order chi connectivity index (χ0) is 22.1. The number of carbonyl (C=O) groups is 2. The average molecular weight is 420 g/mol. The summed E-state index contributed by atoms with van der Waals surface area (Å²) in [5.74, 6) is -0.773. The summed E-state index contributed by atoms with van der Waals surface area (Å²) in [6, 6.07) is 2.71. The Morgan fingerprint density at radius 1 is 1.23 bits per heavy atom. The van der Waals surface area contributed by atoms with Crippen LogP contribution in [0.2, 0.25) is 0 Å². The number of carbonyl (C=O) groups excluding carboxylic acids is 2. The first-order chi connectivity index (χ1) is 14.4. The molecule has 2 amide bonds. The third kappa shape index (κ3) is 6.16. The second-order valence-electron chi connectivity index (χ2n) is 6.42. The van der Waals surface area contributed by atoms with E-state index in [1.807, 2.05) is 13.8 Å². The van der Waals surface area contributed by atoms with E-state index in [2.05, 4.69) is 20.5 Å². The molecule has 164 valence electrons. The van der Waals surface area contributed by atoms with Crippen LogP contribution in [0, 0.1) is 10.1 Å². The zero-order valence-corrected chi connectivity index (χ0v) is 17.4. The molecule has 2 aromatic rings. The number of nitrogens with one attached hydrogen (secondary N) is 3. The number of hydrogen-bond donors (Lipinski definition) is 3. The van der Waals surface area contributed by atoms with E-state index in [4.69, 9.17) is 4.74 Å². The number of aryl methyl sites for hydroxylation is 1. The first-order valence-electron chi connectivity index (χ1n) is 9.83. The highest BCUT2D eigenvalue weighted by Crippen LogP contribution is 2.16. The molecule has 0 aliphatic carbocycles. The van der Waals surface area contributed by atoms with Crippen molar-refractivity contribution in [1.82, 2.24) is 19.8 Å². The Kier molecular flexibility index (Phi) is 8.56. The van der Waals surface area contributed by atoms with Crippen LogP contribution in [-0.4, -0.2) is 70.6 Å². The van der Waals surface area contributed by atoms with E-state index in [0.717, 1.165) is 31.9 Å². The van der Waals surface area contributed by atoms with Crippen LogP contribution in [0.5, 0.6) is 0 Å². The van der Waals surface area contributed by atoms with Crippen molar-refractivity contribution in [3.05, 3.63) is 46.0 Å². The summed E-state index contributed by atoms with van der Waals surface area (Å²) in [6.45, 7) is 8.38. The number of aromatic nitrogens is 2. The molecule has 3 rings (SSSR count). The second kappa shape index (κ2) is 11.1. The van der Waals surface area contributed by atoms with Crippen LogP contribution in [0.25, 0.3) is 0 Å². The van der Waals surface area contributed by atoms with Crippen LogP contribution >= 0.6 is 0 Å². The molecule has 0 bridgehead atoms. The molecular weight excluding hydrogens is 392 g/mol. The minimum Gasteiger partial charge on any atom is -0.379 e. The molecule has 1 aliphatic rings. The van der Waals surface area contributed by atoms with E-state index in [-0.39, 0.29) is 17.3 Å². The van der Waals surface area contributed by atoms with E-state index in [9.17, 15) is 19.7 Å². The fourth-order valence-corrected chi connectivity index (χ4v) is 2.92. The van der Waals surface area contributed by atoms with E-state index >= 15 is 0 Å². The van der Waals surface area contributed by atoms with Crippen LogP contribution < -0.4 is 10.6 Å². The molecule has 3 heterocycles. The van der Waals surface area contributed by atoms with Gasteiger partial charge in [0.05, 0.1) is 30.0 Å². The van der Waals surface area contributed by atoms with Gasteiger partial charge in [0.2, 0.25) is 0 Å². The summed E-state index contributed by atoms with van der Waals surface area (Å²) in [4.78, 5) is 39.5. The first-order valence-corrected chi connectivity index (χ1v) is 9.83. The third-order valence-corrected chi connectivity index (χ3v) is 4.44. The lowest BCUT2D eigenvalue weighted by atomic mass is 10.3. The normalized spacial score (nSPS) is 13.8. The maximum Gasteiger partial charge on any atom is 0.287 e. The zero-order valence-electron chi connectivity index (χ0n) is 17.4. The lowest BCUT2D eigenvalue weighted by Crippen LogP contribution is -2.41. The quantitative estimate of drug-likeness (QED) is 0.460. The van der Waals surface area contributed by atoms with Gasteiger partial charge in [-0.05, 0) is 6.07 Å². The summed E-state index contributed by atoms with van der Waals surface area (Å²) in [5.41, 5.74) is 0.684. The monoisotopic (exact) mass is 420 g/mol. The molecule has 11 heteroatoms. The van der Waals surface area contributed by atoms with Gasteiger partial charge in [0, 0.05) is 45.5 Å². The average Bonchev–Trinajstić information content (AvgIpc) is 3.37. The summed E-state index contributed by atoms with van der Waals surface area (Å²) >= 11 is 0. The Morgan fingerprint density at radius 3 is 2.57 bits per heavy atom. The molecule has 3 N–H and O–H groups in total. The standard InChI is InChI=1S/C17H22N6O5.C2H6/c1-21-11-12(20-16(24)14-9-13(10-19-14)23(26)27)8-15(21)17(25)18-2-3-22-4-6-28-7-5-22;1-2/h8-11,19H,2-7H2,1H3,(H,18,25)(H,20,24);1-2H3. The molecular formula is C19H28N6O5. The van der Waals surface area contributed by atoms with E-state index < -0.39 is 10.8 Å². The van der Waals surface area contributed by atoms with Gasteiger partial charge in [-0.2, -0.15) is 0 Å². The molecule has 1 fully saturated rings. The van der Waals surface area contributed by atoms with Crippen molar-refractivity contribution < 1.29 is 19.2 Å². The van der Waals surface area contributed by atoms with Crippen molar-refractivity contribution in [2.24, 2.45) is 7.05 Å². The minimum absolute atomic E-state index is 0.0621. The van der Waals surface area contributed by atoms with Crippen LogP contribution in [-0.2, 0) is 11.8 Å². The van der Waals surface area contributed by atoms with Gasteiger partial charge in [-0.3, -0.25) is 24.6 Å². The number of morpholine rings is 1. The molecule has 11 nitrogen and oxygen atoms in total. The van der Waals surface area contributed by atoms with Crippen LogP contribution in [0.4, 0.5) is 11.4 Å². The molecule has 0 radical (unpaired) electrons. The summed E-state index contributed by atoms with van der Waals surface area (Å²) in [7, 11) is 1.70. The number of H-pyrrole nitrogens is 1. The van der Waals surface area contributed by atoms with Gasteiger partial charge >= 0.3 is 0 Å². The van der Waals surface area contributed by atoms with E-state index in [0.29, 0.717) is 31.1 Å².